The molecule has 0 N–H and O–H groups in total. The molecule has 0 radical (unpaired) electrons. The molecule has 0 saturated carbocycles. The van der Waals surface area contributed by atoms with E-state index in [0.717, 1.165) is 33.5 Å². The zero-order chi connectivity index (χ0) is 29.0. The summed E-state index contributed by atoms with van der Waals surface area (Å²) in [6.07, 6.45) is 2.65. The van der Waals surface area contributed by atoms with Gasteiger partial charge in [0.05, 0.1) is 36.2 Å². The van der Waals surface area contributed by atoms with Crippen molar-refractivity contribution < 1.29 is 0 Å². The number of hydrogen-bond donors (Lipinski definition) is 0. The van der Waals surface area contributed by atoms with Crippen LogP contribution in [-0.4, -0.2) is 24.4 Å². The predicted octanol–water partition coefficient (Wildman–Crippen LogP) is 7.26. The van der Waals surface area contributed by atoms with Crippen LogP contribution in [0.3, 0.4) is 0 Å². The molecule has 0 fully saturated rings. The first-order valence-corrected chi connectivity index (χ1v) is 14.6. The van der Waals surface area contributed by atoms with Crippen molar-refractivity contribution in [3.05, 3.63) is 167 Å². The lowest BCUT2D eigenvalue weighted by atomic mass is 10.0. The minimum absolute atomic E-state index is 0.00398. The predicted molar refractivity (Wildman–Crippen MR) is 172 cm³/mol. The van der Waals surface area contributed by atoms with Crippen molar-refractivity contribution in [2.75, 3.05) is 0 Å². The van der Waals surface area contributed by atoms with Crippen molar-refractivity contribution in [1.82, 2.24) is 24.4 Å². The number of hydrogen-bond acceptors (Lipinski definition) is 3. The molecule has 0 unspecified atom stereocenters. The maximum Gasteiger partial charge on any atom is 0.274 e. The fraction of sp³-hybridized carbons (Fsp3) is 0.108. The van der Waals surface area contributed by atoms with Gasteiger partial charge in [-0.25, -0.2) is 9.36 Å². The van der Waals surface area contributed by atoms with Crippen molar-refractivity contribution in [3.8, 4) is 22.4 Å². The molecule has 43 heavy (non-hydrogen) atoms. The first kappa shape index (κ1) is 26.4. The van der Waals surface area contributed by atoms with Crippen LogP contribution in [0.5, 0.6) is 0 Å². The van der Waals surface area contributed by atoms with E-state index >= 15 is 0 Å². The molecule has 6 heteroatoms. The molecule has 0 saturated heterocycles. The lowest BCUT2D eigenvalue weighted by molar-refractivity contribution is 0.324. The van der Waals surface area contributed by atoms with Crippen LogP contribution in [0.25, 0.3) is 33.3 Å². The highest BCUT2D eigenvalue weighted by Crippen LogP contribution is 2.25. The van der Waals surface area contributed by atoms with Gasteiger partial charge in [-0.3, -0.25) is 9.48 Å². The Labute approximate surface area is 250 Å². The number of nitrogens with zero attached hydrogens (tertiary/aromatic N) is 5. The first-order chi connectivity index (χ1) is 21.2. The van der Waals surface area contributed by atoms with Gasteiger partial charge in [-0.2, -0.15) is 0 Å². The molecule has 1 atom stereocenters. The summed E-state index contributed by atoms with van der Waals surface area (Å²) in [4.78, 5) is 14.0. The molecule has 7 rings (SSSR count). The molecule has 0 aliphatic rings. The van der Waals surface area contributed by atoms with Gasteiger partial charge in [0.15, 0.2) is 0 Å². The number of rotatable bonds is 9. The Morgan fingerprint density at radius 2 is 1.19 bits per heavy atom. The summed E-state index contributed by atoms with van der Waals surface area (Å²) in [6.45, 7) is 1.08. The van der Waals surface area contributed by atoms with E-state index in [2.05, 4.69) is 75.7 Å². The van der Waals surface area contributed by atoms with E-state index in [1.165, 1.54) is 5.56 Å². The van der Waals surface area contributed by atoms with E-state index in [1.54, 1.807) is 0 Å². The van der Waals surface area contributed by atoms with Crippen molar-refractivity contribution >= 4 is 10.9 Å². The number of fused-ring (bicyclic) bond motifs is 1. The van der Waals surface area contributed by atoms with E-state index in [0.29, 0.717) is 24.9 Å². The molecule has 0 aliphatic heterocycles. The summed E-state index contributed by atoms with van der Waals surface area (Å²) in [5, 5.41) is 9.75. The molecule has 0 aliphatic carbocycles. The first-order valence-electron chi connectivity index (χ1n) is 14.6. The highest BCUT2D eigenvalue weighted by Gasteiger charge is 2.23. The normalized spacial score (nSPS) is 12.0. The zero-order valence-corrected chi connectivity index (χ0v) is 23.7. The summed E-state index contributed by atoms with van der Waals surface area (Å²) < 4.78 is 5.92. The Hall–Kier alpha value is -5.49. The van der Waals surface area contributed by atoms with Gasteiger partial charge in [-0.05, 0) is 40.8 Å². The lowest BCUT2D eigenvalue weighted by Gasteiger charge is -2.23. The van der Waals surface area contributed by atoms with E-state index in [4.69, 9.17) is 0 Å². The molecule has 7 aromatic rings. The third-order valence-corrected chi connectivity index (χ3v) is 7.94. The van der Waals surface area contributed by atoms with Gasteiger partial charge in [0.25, 0.3) is 5.56 Å². The minimum atomic E-state index is -0.194. The van der Waals surface area contributed by atoms with Gasteiger partial charge in [0.1, 0.15) is 5.69 Å². The van der Waals surface area contributed by atoms with E-state index in [-0.39, 0.29) is 11.6 Å². The van der Waals surface area contributed by atoms with Gasteiger partial charge < -0.3 is 0 Å². The minimum Gasteiger partial charge on any atom is -0.277 e. The Kier molecular flexibility index (Phi) is 7.24. The number of aromatic nitrogens is 5. The van der Waals surface area contributed by atoms with Gasteiger partial charge >= 0.3 is 0 Å². The zero-order valence-electron chi connectivity index (χ0n) is 23.7. The van der Waals surface area contributed by atoms with Crippen LogP contribution in [0.15, 0.2) is 151 Å². The molecule has 0 amide bonds. The SMILES string of the molecule is O=c1c2ccccc2n(Cc2ccccc2)n1[C@@H](Cc1ccccc1)Cn1cc(-c2ccc(-c3ccccc3)cc2)nn1. The van der Waals surface area contributed by atoms with Crippen molar-refractivity contribution in [2.24, 2.45) is 0 Å². The Balaban J connectivity index is 1.25. The molecule has 210 valence electrons. The van der Waals surface area contributed by atoms with Crippen LogP contribution in [0.4, 0.5) is 0 Å². The average molecular weight is 562 g/mol. The maximum absolute atomic E-state index is 14.0. The van der Waals surface area contributed by atoms with E-state index in [9.17, 15) is 4.79 Å². The fourth-order valence-electron chi connectivity index (χ4n) is 5.82. The largest absolute Gasteiger partial charge is 0.277 e. The topological polar surface area (TPSA) is 57.6 Å². The Morgan fingerprint density at radius 3 is 1.91 bits per heavy atom. The van der Waals surface area contributed by atoms with Crippen LogP contribution in [0.1, 0.15) is 17.2 Å². The smallest absolute Gasteiger partial charge is 0.274 e. The molecule has 2 aromatic heterocycles. The van der Waals surface area contributed by atoms with E-state index in [1.807, 2.05) is 94.4 Å². The van der Waals surface area contributed by atoms with Crippen LogP contribution in [0, 0.1) is 0 Å². The van der Waals surface area contributed by atoms with Crippen LogP contribution >= 0.6 is 0 Å². The molecular weight excluding hydrogens is 530 g/mol. The maximum atomic E-state index is 14.0. The van der Waals surface area contributed by atoms with Crippen LogP contribution in [-0.2, 0) is 19.5 Å². The Morgan fingerprint density at radius 1 is 0.605 bits per heavy atom. The number of para-hydroxylation sites is 1. The molecular formula is C37H31N5O. The van der Waals surface area contributed by atoms with Crippen molar-refractivity contribution in [1.29, 1.82) is 0 Å². The monoisotopic (exact) mass is 561 g/mol. The standard InChI is InChI=1S/C37H31N5O/c43-37-34-18-10-11-19-36(34)41(25-29-14-6-2-7-15-29)42(37)33(24-28-12-4-1-5-13-28)26-40-27-35(38-39-40)32-22-20-31(21-23-32)30-16-8-3-9-17-30/h1-23,27,33H,24-26H2/t33-/m0/s1. The van der Waals surface area contributed by atoms with E-state index < -0.39 is 0 Å². The molecule has 6 nitrogen and oxygen atoms in total. The number of benzene rings is 5. The third-order valence-electron chi connectivity index (χ3n) is 7.94. The second kappa shape index (κ2) is 11.8. The molecule has 0 bridgehead atoms. The fourth-order valence-corrected chi connectivity index (χ4v) is 5.82. The molecule has 5 aromatic carbocycles. The third kappa shape index (κ3) is 5.55. The van der Waals surface area contributed by atoms with Gasteiger partial charge in [-0.1, -0.05) is 133 Å². The van der Waals surface area contributed by atoms with Gasteiger partial charge in [0.2, 0.25) is 0 Å². The van der Waals surface area contributed by atoms with Crippen LogP contribution in [0.2, 0.25) is 0 Å². The van der Waals surface area contributed by atoms with Gasteiger partial charge in [-0.15, -0.1) is 5.10 Å². The summed E-state index contributed by atoms with van der Waals surface area (Å²) in [7, 11) is 0. The van der Waals surface area contributed by atoms with Crippen LogP contribution < -0.4 is 5.56 Å². The summed E-state index contributed by atoms with van der Waals surface area (Å²) >= 11 is 0. The Bertz CT molecular complexity index is 2010. The quantitative estimate of drug-likeness (QED) is 0.186. The summed E-state index contributed by atoms with van der Waals surface area (Å²) in [5.74, 6) is 0. The molecule has 0 spiro atoms. The molecule has 2 heterocycles. The highest BCUT2D eigenvalue weighted by atomic mass is 16.1. The second-order valence-corrected chi connectivity index (χ2v) is 10.8. The van der Waals surface area contributed by atoms with Gasteiger partial charge in [0, 0.05) is 5.56 Å². The summed E-state index contributed by atoms with van der Waals surface area (Å²) in [5.41, 5.74) is 7.36. The highest BCUT2D eigenvalue weighted by molar-refractivity contribution is 5.78. The van der Waals surface area contributed by atoms with Crippen molar-refractivity contribution in [2.45, 2.75) is 25.6 Å². The summed E-state index contributed by atoms with van der Waals surface area (Å²) in [6, 6.07) is 47.0. The average Bonchev–Trinajstić information content (AvgIpc) is 3.64. The lowest BCUT2D eigenvalue weighted by Crippen LogP contribution is -2.32. The van der Waals surface area contributed by atoms with Crippen molar-refractivity contribution in [3.63, 3.8) is 0 Å². The second-order valence-electron chi connectivity index (χ2n) is 10.8.